The normalized spacial score (nSPS) is 10.9. The molecule has 0 radical (unpaired) electrons. The summed E-state index contributed by atoms with van der Waals surface area (Å²) in [5.74, 6) is -0.463. The van der Waals surface area contributed by atoms with Crippen molar-refractivity contribution in [3.63, 3.8) is 0 Å². The van der Waals surface area contributed by atoms with E-state index in [1.54, 1.807) is 6.08 Å². The molecule has 19 heavy (non-hydrogen) atoms. The largest absolute Gasteiger partial charge is 0.289 e. The van der Waals surface area contributed by atoms with E-state index in [1.165, 1.54) is 35.9 Å². The van der Waals surface area contributed by atoms with Crippen LogP contribution in [0.1, 0.15) is 27.0 Å². The molecule has 2 heteroatoms. The molecule has 0 amide bonds. The lowest BCUT2D eigenvalue weighted by atomic mass is 10.0. The summed E-state index contributed by atoms with van der Waals surface area (Å²) in [5.41, 5.74) is 3.83. The number of ketones is 1. The fourth-order valence-corrected chi connectivity index (χ4v) is 1.89. The predicted octanol–water partition coefficient (Wildman–Crippen LogP) is 4.34. The lowest BCUT2D eigenvalue weighted by molar-refractivity contribution is 0.104. The van der Waals surface area contributed by atoms with Gasteiger partial charge in [0.25, 0.3) is 0 Å². The standard InChI is InChI=1S/C17H15FO/c1-12-3-4-14(13(2)11-12)7-10-17(19)15-5-8-16(18)9-6-15/h3-11H,1-2H3. The fourth-order valence-electron chi connectivity index (χ4n) is 1.89. The van der Waals surface area contributed by atoms with E-state index in [4.69, 9.17) is 0 Å². The highest BCUT2D eigenvalue weighted by molar-refractivity contribution is 6.06. The van der Waals surface area contributed by atoms with E-state index < -0.39 is 0 Å². The van der Waals surface area contributed by atoms with Gasteiger partial charge in [0.2, 0.25) is 0 Å². The lowest BCUT2D eigenvalue weighted by Gasteiger charge is -2.01. The van der Waals surface area contributed by atoms with Gasteiger partial charge in [0.15, 0.2) is 5.78 Å². The predicted molar refractivity (Wildman–Crippen MR) is 75.7 cm³/mol. The van der Waals surface area contributed by atoms with E-state index in [0.717, 1.165) is 11.1 Å². The summed E-state index contributed by atoms with van der Waals surface area (Å²) >= 11 is 0. The van der Waals surface area contributed by atoms with Crippen molar-refractivity contribution in [3.8, 4) is 0 Å². The van der Waals surface area contributed by atoms with Crippen LogP contribution in [0.4, 0.5) is 4.39 Å². The highest BCUT2D eigenvalue weighted by atomic mass is 19.1. The average molecular weight is 254 g/mol. The summed E-state index contributed by atoms with van der Waals surface area (Å²) in [5, 5.41) is 0. The first kappa shape index (κ1) is 13.2. The number of rotatable bonds is 3. The molecule has 0 N–H and O–H groups in total. The number of allylic oxidation sites excluding steroid dienone is 1. The molecule has 2 rings (SSSR count). The molecule has 2 aromatic carbocycles. The van der Waals surface area contributed by atoms with Gasteiger partial charge < -0.3 is 0 Å². The maximum absolute atomic E-state index is 12.8. The zero-order chi connectivity index (χ0) is 13.8. The zero-order valence-corrected chi connectivity index (χ0v) is 11.0. The van der Waals surface area contributed by atoms with Crippen molar-refractivity contribution in [1.82, 2.24) is 0 Å². The van der Waals surface area contributed by atoms with Crippen molar-refractivity contribution in [2.45, 2.75) is 13.8 Å². The van der Waals surface area contributed by atoms with Gasteiger partial charge in [0, 0.05) is 5.56 Å². The van der Waals surface area contributed by atoms with Crippen molar-refractivity contribution in [1.29, 1.82) is 0 Å². The SMILES string of the molecule is Cc1ccc(C=CC(=O)c2ccc(F)cc2)c(C)c1. The van der Waals surface area contributed by atoms with Crippen LogP contribution in [0.3, 0.4) is 0 Å². The van der Waals surface area contributed by atoms with Crippen LogP contribution in [0.5, 0.6) is 0 Å². The molecule has 0 atom stereocenters. The minimum absolute atomic E-state index is 0.125. The Labute approximate surface area is 112 Å². The Bertz CT molecular complexity index is 624. The first-order valence-electron chi connectivity index (χ1n) is 6.11. The van der Waals surface area contributed by atoms with E-state index in [1.807, 2.05) is 26.0 Å². The molecule has 96 valence electrons. The van der Waals surface area contributed by atoms with Gasteiger partial charge >= 0.3 is 0 Å². The van der Waals surface area contributed by atoms with Gasteiger partial charge in [-0.1, -0.05) is 29.8 Å². The molecular formula is C17H15FO. The third kappa shape index (κ3) is 3.38. The Kier molecular flexibility index (Phi) is 3.91. The molecule has 0 spiro atoms. The molecule has 0 unspecified atom stereocenters. The zero-order valence-electron chi connectivity index (χ0n) is 11.0. The van der Waals surface area contributed by atoms with Gasteiger partial charge in [0.05, 0.1) is 0 Å². The minimum atomic E-state index is -0.338. The topological polar surface area (TPSA) is 17.1 Å². The number of carbonyl (C=O) groups excluding carboxylic acids is 1. The minimum Gasteiger partial charge on any atom is -0.289 e. The van der Waals surface area contributed by atoms with E-state index in [2.05, 4.69) is 6.07 Å². The van der Waals surface area contributed by atoms with E-state index in [0.29, 0.717) is 5.56 Å². The second kappa shape index (κ2) is 5.61. The van der Waals surface area contributed by atoms with Crippen LogP contribution >= 0.6 is 0 Å². The molecule has 2 aromatic rings. The molecule has 0 bridgehead atoms. The molecule has 0 heterocycles. The Morgan fingerprint density at radius 2 is 1.74 bits per heavy atom. The van der Waals surface area contributed by atoms with E-state index in [9.17, 15) is 9.18 Å². The third-order valence-corrected chi connectivity index (χ3v) is 2.97. The monoisotopic (exact) mass is 254 g/mol. The number of halogens is 1. The van der Waals surface area contributed by atoms with E-state index in [-0.39, 0.29) is 11.6 Å². The molecule has 0 aliphatic rings. The van der Waals surface area contributed by atoms with Crippen LogP contribution in [0.15, 0.2) is 48.5 Å². The Morgan fingerprint density at radius 3 is 2.37 bits per heavy atom. The molecule has 0 saturated carbocycles. The molecule has 1 nitrogen and oxygen atoms in total. The number of hydrogen-bond acceptors (Lipinski definition) is 1. The highest BCUT2D eigenvalue weighted by Crippen LogP contribution is 2.13. The summed E-state index contributed by atoms with van der Waals surface area (Å²) in [6.07, 6.45) is 3.31. The first-order valence-corrected chi connectivity index (χ1v) is 6.11. The van der Waals surface area contributed by atoms with Crippen LogP contribution in [0.25, 0.3) is 6.08 Å². The summed E-state index contributed by atoms with van der Waals surface area (Å²) < 4.78 is 12.8. The summed E-state index contributed by atoms with van der Waals surface area (Å²) in [4.78, 5) is 11.9. The van der Waals surface area contributed by atoms with Crippen molar-refractivity contribution in [3.05, 3.63) is 76.6 Å². The average Bonchev–Trinajstić information content (AvgIpc) is 2.38. The first-order chi connectivity index (χ1) is 9.06. The van der Waals surface area contributed by atoms with Crippen molar-refractivity contribution >= 4 is 11.9 Å². The van der Waals surface area contributed by atoms with Crippen LogP contribution in [-0.2, 0) is 0 Å². The summed E-state index contributed by atoms with van der Waals surface area (Å²) in [6, 6.07) is 11.6. The summed E-state index contributed by atoms with van der Waals surface area (Å²) in [7, 11) is 0. The van der Waals surface area contributed by atoms with Gasteiger partial charge in [0.1, 0.15) is 5.82 Å². The van der Waals surface area contributed by atoms with Crippen molar-refractivity contribution < 1.29 is 9.18 Å². The summed E-state index contributed by atoms with van der Waals surface area (Å²) in [6.45, 7) is 4.04. The van der Waals surface area contributed by atoms with Crippen molar-refractivity contribution in [2.24, 2.45) is 0 Å². The smallest absolute Gasteiger partial charge is 0.185 e. The second-order valence-electron chi connectivity index (χ2n) is 4.56. The third-order valence-electron chi connectivity index (χ3n) is 2.97. The quantitative estimate of drug-likeness (QED) is 0.588. The van der Waals surface area contributed by atoms with Gasteiger partial charge in [-0.15, -0.1) is 0 Å². The maximum Gasteiger partial charge on any atom is 0.185 e. The highest BCUT2D eigenvalue weighted by Gasteiger charge is 2.02. The Balaban J connectivity index is 2.18. The van der Waals surface area contributed by atoms with Crippen LogP contribution in [0.2, 0.25) is 0 Å². The maximum atomic E-state index is 12.8. The van der Waals surface area contributed by atoms with Crippen molar-refractivity contribution in [2.75, 3.05) is 0 Å². The molecule has 0 aliphatic heterocycles. The van der Waals surface area contributed by atoms with Gasteiger partial charge in [-0.25, -0.2) is 4.39 Å². The lowest BCUT2D eigenvalue weighted by Crippen LogP contribution is -1.94. The van der Waals surface area contributed by atoms with Gasteiger partial charge in [-0.3, -0.25) is 4.79 Å². The molecule has 0 fully saturated rings. The number of aryl methyl sites for hydroxylation is 2. The second-order valence-corrected chi connectivity index (χ2v) is 4.56. The Hall–Kier alpha value is -2.22. The van der Waals surface area contributed by atoms with Gasteiger partial charge in [-0.2, -0.15) is 0 Å². The van der Waals surface area contributed by atoms with Crippen LogP contribution < -0.4 is 0 Å². The molecule has 0 saturated heterocycles. The number of carbonyl (C=O) groups is 1. The molecular weight excluding hydrogens is 239 g/mol. The van der Waals surface area contributed by atoms with E-state index >= 15 is 0 Å². The van der Waals surface area contributed by atoms with Gasteiger partial charge in [-0.05, 0) is 55.3 Å². The molecule has 0 aromatic heterocycles. The van der Waals surface area contributed by atoms with Crippen LogP contribution in [0, 0.1) is 19.7 Å². The molecule has 0 aliphatic carbocycles. The Morgan fingerprint density at radius 1 is 1.05 bits per heavy atom. The fraction of sp³-hybridized carbons (Fsp3) is 0.118. The number of hydrogen-bond donors (Lipinski definition) is 0. The van der Waals surface area contributed by atoms with Crippen LogP contribution in [-0.4, -0.2) is 5.78 Å². The number of benzene rings is 2.